The molecule has 1 saturated heterocycles. The fourth-order valence-corrected chi connectivity index (χ4v) is 4.52. The lowest BCUT2D eigenvalue weighted by molar-refractivity contribution is -0.126. The molecule has 1 aromatic heterocycles. The number of amides is 2. The Kier molecular flexibility index (Phi) is 9.23. The Morgan fingerprint density at radius 3 is 2.47 bits per heavy atom. The third-order valence-electron chi connectivity index (χ3n) is 6.28. The monoisotopic (exact) mass is 517 g/mol. The van der Waals surface area contributed by atoms with Crippen LogP contribution in [0.2, 0.25) is 0 Å². The number of aromatic nitrogens is 2. The zero-order chi connectivity index (χ0) is 26.9. The van der Waals surface area contributed by atoms with Crippen molar-refractivity contribution in [1.82, 2.24) is 30.6 Å². The number of hydrogen-bond acceptors (Lipinski definition) is 8. The summed E-state index contributed by atoms with van der Waals surface area (Å²) in [6, 6.07) is 19.5. The van der Waals surface area contributed by atoms with Gasteiger partial charge in [0.2, 0.25) is 11.8 Å². The smallest absolute Gasteiger partial charge is 0.231 e. The number of nitrogens with zero attached hydrogens (tertiary/aromatic N) is 4. The van der Waals surface area contributed by atoms with E-state index < -0.39 is 0 Å². The van der Waals surface area contributed by atoms with Gasteiger partial charge in [0.15, 0.2) is 5.82 Å². The van der Waals surface area contributed by atoms with Gasteiger partial charge >= 0.3 is 0 Å². The van der Waals surface area contributed by atoms with Gasteiger partial charge in [0.1, 0.15) is 11.6 Å². The van der Waals surface area contributed by atoms with Crippen molar-refractivity contribution in [2.24, 2.45) is 0 Å². The second kappa shape index (κ2) is 13.0. The fourth-order valence-electron chi connectivity index (χ4n) is 4.52. The molecule has 3 aromatic rings. The molecule has 0 aliphatic carbocycles. The molecule has 3 N–H and O–H groups in total. The van der Waals surface area contributed by atoms with E-state index >= 15 is 0 Å². The third-order valence-corrected chi connectivity index (χ3v) is 6.28. The summed E-state index contributed by atoms with van der Waals surface area (Å²) < 4.78 is 5.56. The van der Waals surface area contributed by atoms with Gasteiger partial charge in [-0.25, -0.2) is 15.0 Å². The first kappa shape index (κ1) is 27.0. The van der Waals surface area contributed by atoms with E-state index in [9.17, 15) is 9.59 Å². The number of rotatable bonds is 10. The van der Waals surface area contributed by atoms with Crippen LogP contribution in [0, 0.1) is 0 Å². The quantitative estimate of drug-likeness (QED) is 0.352. The molecule has 2 amide bonds. The number of piperazine rings is 1. The molecule has 2 heterocycles. The van der Waals surface area contributed by atoms with Gasteiger partial charge in [-0.1, -0.05) is 48.5 Å². The van der Waals surface area contributed by atoms with Crippen molar-refractivity contribution >= 4 is 17.6 Å². The Hall–Kier alpha value is -4.02. The Morgan fingerprint density at radius 1 is 0.974 bits per heavy atom. The van der Waals surface area contributed by atoms with E-state index in [1.165, 1.54) is 13.8 Å². The highest BCUT2D eigenvalue weighted by Gasteiger charge is 2.31. The number of nitrogens with one attached hydrogen (secondary N) is 3. The molecule has 38 heavy (non-hydrogen) atoms. The van der Waals surface area contributed by atoms with E-state index in [0.29, 0.717) is 44.4 Å². The predicted octanol–water partition coefficient (Wildman–Crippen LogP) is 2.61. The first-order valence-corrected chi connectivity index (χ1v) is 12.7. The van der Waals surface area contributed by atoms with Gasteiger partial charge in [-0.2, -0.15) is 0 Å². The van der Waals surface area contributed by atoms with Crippen LogP contribution in [-0.2, 0) is 16.1 Å². The van der Waals surface area contributed by atoms with E-state index in [0.717, 1.165) is 29.1 Å². The number of anilines is 1. The summed E-state index contributed by atoms with van der Waals surface area (Å²) >= 11 is 0. The summed E-state index contributed by atoms with van der Waals surface area (Å²) in [6.07, 6.45) is 0. The number of benzene rings is 2. The van der Waals surface area contributed by atoms with Crippen molar-refractivity contribution in [3.05, 3.63) is 71.9 Å². The molecule has 1 aliphatic rings. The number of ether oxygens (including phenoxy) is 1. The lowest BCUT2D eigenvalue weighted by atomic mass is 10.1. The lowest BCUT2D eigenvalue weighted by Crippen LogP contribution is -2.54. The predicted molar refractivity (Wildman–Crippen MR) is 146 cm³/mol. The third kappa shape index (κ3) is 7.27. The van der Waals surface area contributed by atoms with E-state index in [1.807, 2.05) is 59.6 Å². The van der Waals surface area contributed by atoms with Crippen molar-refractivity contribution in [2.45, 2.75) is 26.4 Å². The van der Waals surface area contributed by atoms with Crippen molar-refractivity contribution in [2.75, 3.05) is 45.2 Å². The minimum atomic E-state index is -0.205. The molecule has 1 unspecified atom stereocenters. The van der Waals surface area contributed by atoms with E-state index in [4.69, 9.17) is 14.7 Å². The minimum absolute atomic E-state index is 0.0801. The van der Waals surface area contributed by atoms with Crippen LogP contribution >= 0.6 is 0 Å². The summed E-state index contributed by atoms with van der Waals surface area (Å²) in [4.78, 5) is 35.4. The number of carbonyl (C=O) groups is 2. The van der Waals surface area contributed by atoms with E-state index in [2.05, 4.69) is 27.0 Å². The average Bonchev–Trinajstić information content (AvgIpc) is 2.92. The number of carbonyl (C=O) groups excluding carboxylic acids is 2. The van der Waals surface area contributed by atoms with Crippen molar-refractivity contribution in [1.29, 1.82) is 0 Å². The van der Waals surface area contributed by atoms with Gasteiger partial charge in [-0.15, -0.1) is 0 Å². The van der Waals surface area contributed by atoms with Gasteiger partial charge in [0, 0.05) is 70.3 Å². The van der Waals surface area contributed by atoms with Crippen molar-refractivity contribution in [3.63, 3.8) is 0 Å². The molecule has 4 rings (SSSR count). The molecule has 1 aliphatic heterocycles. The highest BCUT2D eigenvalue weighted by Crippen LogP contribution is 2.29. The molecule has 0 saturated carbocycles. The first-order valence-electron chi connectivity index (χ1n) is 12.7. The van der Waals surface area contributed by atoms with Crippen LogP contribution in [0.5, 0.6) is 5.75 Å². The Balaban J connectivity index is 1.64. The van der Waals surface area contributed by atoms with Crippen LogP contribution in [0.15, 0.2) is 60.7 Å². The van der Waals surface area contributed by atoms with Crippen molar-refractivity contribution in [3.8, 4) is 17.1 Å². The van der Waals surface area contributed by atoms with Crippen LogP contribution in [0.4, 0.5) is 5.82 Å². The number of hydrazine groups is 1. The second-order valence-corrected chi connectivity index (χ2v) is 9.20. The first-order chi connectivity index (χ1) is 18.4. The van der Waals surface area contributed by atoms with Crippen LogP contribution in [0.3, 0.4) is 0 Å². The molecule has 2 aromatic carbocycles. The Morgan fingerprint density at radius 2 is 1.74 bits per heavy atom. The molecule has 10 heteroatoms. The van der Waals surface area contributed by atoms with Crippen LogP contribution in [0.25, 0.3) is 11.4 Å². The maximum absolute atomic E-state index is 12.1. The molecule has 1 fully saturated rings. The zero-order valence-electron chi connectivity index (χ0n) is 22.1. The van der Waals surface area contributed by atoms with Gasteiger partial charge in [0.25, 0.3) is 0 Å². The van der Waals surface area contributed by atoms with Crippen LogP contribution in [0.1, 0.15) is 31.1 Å². The van der Waals surface area contributed by atoms with Crippen LogP contribution in [-0.4, -0.2) is 71.5 Å². The maximum atomic E-state index is 12.1. The fraction of sp³-hybridized carbons (Fsp3) is 0.357. The lowest BCUT2D eigenvalue weighted by Gasteiger charge is -2.41. The number of hydrogen-bond donors (Lipinski definition) is 3. The largest absolute Gasteiger partial charge is 0.496 e. The molecular weight excluding hydrogens is 482 g/mol. The maximum Gasteiger partial charge on any atom is 0.231 e. The second-order valence-electron chi connectivity index (χ2n) is 9.20. The van der Waals surface area contributed by atoms with Gasteiger partial charge in [0.05, 0.1) is 18.8 Å². The summed E-state index contributed by atoms with van der Waals surface area (Å²) in [7, 11) is 1.68. The normalized spacial score (nSPS) is 16.0. The molecule has 0 bridgehead atoms. The summed E-state index contributed by atoms with van der Waals surface area (Å²) in [6.45, 7) is 6.77. The summed E-state index contributed by atoms with van der Waals surface area (Å²) in [5.74, 6) is 1.90. The van der Waals surface area contributed by atoms with Gasteiger partial charge < -0.3 is 15.4 Å². The van der Waals surface area contributed by atoms with Crippen molar-refractivity contribution < 1.29 is 14.3 Å². The Labute approximate surface area is 223 Å². The highest BCUT2D eigenvalue weighted by molar-refractivity contribution is 5.73. The molecule has 0 spiro atoms. The van der Waals surface area contributed by atoms with E-state index in [1.54, 1.807) is 7.11 Å². The number of methoxy groups -OCH3 is 1. The molecule has 200 valence electrons. The van der Waals surface area contributed by atoms with Gasteiger partial charge in [-0.05, 0) is 6.07 Å². The standard InChI is InChI=1S/C28H35N7O3/c1-20(36)29-13-14-30-27-17-24(31-28(32-27)22-9-5-4-6-10-22)25-19-34(15-16-35(25)33-21(2)37)18-23-11-7-8-12-26(23)38-3/h4-12,17,25H,13-16,18-19H2,1-3H3,(H,29,36)(H,33,37)(H,30,31,32). The van der Waals surface area contributed by atoms with Crippen LogP contribution < -0.4 is 20.8 Å². The van der Waals surface area contributed by atoms with Gasteiger partial charge in [-0.3, -0.25) is 19.9 Å². The zero-order valence-corrected chi connectivity index (χ0v) is 22.1. The molecular formula is C28H35N7O3. The summed E-state index contributed by atoms with van der Waals surface area (Å²) in [5.41, 5.74) is 5.79. The molecule has 1 atom stereocenters. The average molecular weight is 518 g/mol. The topological polar surface area (TPSA) is 112 Å². The summed E-state index contributed by atoms with van der Waals surface area (Å²) in [5, 5.41) is 8.06. The minimum Gasteiger partial charge on any atom is -0.496 e. The number of para-hydroxylation sites is 1. The SMILES string of the molecule is COc1ccccc1CN1CCN(NC(C)=O)C(c2cc(NCCNC(C)=O)nc(-c3ccccc3)n2)C1. The highest BCUT2D eigenvalue weighted by atomic mass is 16.5. The van der Waals surface area contributed by atoms with E-state index in [-0.39, 0.29) is 17.9 Å². The Bertz CT molecular complexity index is 1240. The molecule has 10 nitrogen and oxygen atoms in total. The molecule has 0 radical (unpaired) electrons.